The summed E-state index contributed by atoms with van der Waals surface area (Å²) in [5, 5.41) is 8.50. The largest absolute Gasteiger partial charge is 0.481 e. The number of carbonyl (C=O) groups excluding carboxylic acids is 1. The van der Waals surface area contributed by atoms with Gasteiger partial charge in [0.2, 0.25) is 0 Å². The van der Waals surface area contributed by atoms with Crippen molar-refractivity contribution in [2.45, 2.75) is 175 Å². The van der Waals surface area contributed by atoms with Gasteiger partial charge < -0.3 is 9.84 Å². The Balaban J connectivity index is 0. The van der Waals surface area contributed by atoms with Crippen LogP contribution in [0.4, 0.5) is 0 Å². The van der Waals surface area contributed by atoms with Crippen LogP contribution in [0.25, 0.3) is 0 Å². The quantitative estimate of drug-likeness (QED) is 0.0536. The first kappa shape index (κ1) is 42.0. The molecule has 0 bridgehead atoms. The lowest BCUT2D eigenvalue weighted by Gasteiger charge is -2.01. The number of carbonyl (C=O) groups is 2. The minimum absolute atomic E-state index is 0.0480. The van der Waals surface area contributed by atoms with Crippen LogP contribution >= 0.6 is 0 Å². The van der Waals surface area contributed by atoms with E-state index in [2.05, 4.69) is 62.5 Å². The van der Waals surface area contributed by atoms with Crippen LogP contribution in [0.2, 0.25) is 0 Å². The van der Waals surface area contributed by atoms with Gasteiger partial charge in [0, 0.05) is 12.8 Å². The zero-order valence-corrected chi connectivity index (χ0v) is 28.0. The second kappa shape index (κ2) is 38.9. The summed E-state index contributed by atoms with van der Waals surface area (Å²) in [4.78, 5) is 21.5. The van der Waals surface area contributed by atoms with Crippen LogP contribution in [-0.4, -0.2) is 23.7 Å². The molecule has 4 heteroatoms. The molecule has 0 saturated heterocycles. The maximum absolute atomic E-state index is 11.1. The lowest BCUT2D eigenvalue weighted by molar-refractivity contribution is -0.143. The van der Waals surface area contributed by atoms with Gasteiger partial charge in [0.15, 0.2) is 0 Å². The summed E-state index contributed by atoms with van der Waals surface area (Å²) in [6, 6.07) is 0. The number of allylic oxidation sites excluding steroid dienone is 8. The number of ether oxygens (including phenoxy) is 1. The van der Waals surface area contributed by atoms with E-state index in [1.165, 1.54) is 96.3 Å². The standard InChI is InChI=1S/C20H36O2.C18H32O2/c1-3-5-6-7-8-9-10-11-12-13-14-15-16-17-18-19-20(21)22-4-2;1-2-3-4-5-6-7-8-9-10-11-12-13-14-15-16-17-18(19)20/h8-9,11-12H,3-7,10,13-19H2,1-2H3;6-7,9-10H,2-5,8,11-17H2,1H3,(H,19,20)/b9-8-,12-11-;7-6-,10-9-. The number of carboxylic acid groups (broad SMARTS) is 1. The van der Waals surface area contributed by atoms with Crippen molar-refractivity contribution in [2.75, 3.05) is 6.61 Å². The van der Waals surface area contributed by atoms with E-state index in [0.717, 1.165) is 44.9 Å². The van der Waals surface area contributed by atoms with Crippen LogP contribution in [0.1, 0.15) is 175 Å². The molecule has 42 heavy (non-hydrogen) atoms. The van der Waals surface area contributed by atoms with Crippen molar-refractivity contribution < 1.29 is 19.4 Å². The Morgan fingerprint density at radius 3 is 1.21 bits per heavy atom. The third kappa shape index (κ3) is 42.4. The second-order valence-electron chi connectivity index (χ2n) is 11.2. The van der Waals surface area contributed by atoms with Gasteiger partial charge in [-0.25, -0.2) is 0 Å². The molecule has 0 aromatic rings. The average molecular weight is 589 g/mol. The van der Waals surface area contributed by atoms with Gasteiger partial charge in [-0.15, -0.1) is 0 Å². The molecule has 1 N–H and O–H groups in total. The molecule has 0 atom stereocenters. The number of aliphatic carboxylic acids is 1. The summed E-state index contributed by atoms with van der Waals surface area (Å²) in [7, 11) is 0. The zero-order chi connectivity index (χ0) is 31.2. The number of esters is 1. The van der Waals surface area contributed by atoms with Gasteiger partial charge in [-0.3, -0.25) is 9.59 Å². The fourth-order valence-corrected chi connectivity index (χ4v) is 4.40. The Bertz CT molecular complexity index is 675. The van der Waals surface area contributed by atoms with Gasteiger partial charge in [0.05, 0.1) is 6.61 Å². The SMILES string of the molecule is CCCCC/C=C\C/C=C\CCCCCCCC(=O)O.CCCCC/C=C\C/C=C\CCCCCCCC(=O)OCC. The van der Waals surface area contributed by atoms with Gasteiger partial charge in [0.25, 0.3) is 0 Å². The molecule has 0 aromatic carbocycles. The van der Waals surface area contributed by atoms with Crippen molar-refractivity contribution in [2.24, 2.45) is 0 Å². The molecule has 0 fully saturated rings. The van der Waals surface area contributed by atoms with Crippen molar-refractivity contribution in [3.8, 4) is 0 Å². The smallest absolute Gasteiger partial charge is 0.305 e. The van der Waals surface area contributed by atoms with Gasteiger partial charge in [0.1, 0.15) is 0 Å². The highest BCUT2D eigenvalue weighted by molar-refractivity contribution is 5.69. The number of unbranched alkanes of at least 4 members (excludes halogenated alkanes) is 16. The highest BCUT2D eigenvalue weighted by atomic mass is 16.5. The van der Waals surface area contributed by atoms with Crippen LogP contribution < -0.4 is 0 Å². The van der Waals surface area contributed by atoms with Crippen molar-refractivity contribution in [3.63, 3.8) is 0 Å². The first-order valence-corrected chi connectivity index (χ1v) is 17.6. The van der Waals surface area contributed by atoms with E-state index in [9.17, 15) is 9.59 Å². The topological polar surface area (TPSA) is 63.6 Å². The number of hydrogen-bond donors (Lipinski definition) is 1. The lowest BCUT2D eigenvalue weighted by atomic mass is 10.1. The van der Waals surface area contributed by atoms with Crippen LogP contribution in [0, 0.1) is 0 Å². The van der Waals surface area contributed by atoms with Crippen LogP contribution in [0.5, 0.6) is 0 Å². The van der Waals surface area contributed by atoms with E-state index >= 15 is 0 Å². The fraction of sp³-hybridized carbons (Fsp3) is 0.737. The Morgan fingerprint density at radius 2 is 0.833 bits per heavy atom. The molecule has 4 nitrogen and oxygen atoms in total. The summed E-state index contributed by atoms with van der Waals surface area (Å²) < 4.78 is 4.91. The maximum atomic E-state index is 11.1. The Hall–Kier alpha value is -2.10. The molecular formula is C38H68O4. The molecule has 0 aliphatic heterocycles. The van der Waals surface area contributed by atoms with Crippen molar-refractivity contribution >= 4 is 11.9 Å². The van der Waals surface area contributed by atoms with E-state index in [-0.39, 0.29) is 5.97 Å². The minimum Gasteiger partial charge on any atom is -0.481 e. The number of rotatable bonds is 29. The highest BCUT2D eigenvalue weighted by Gasteiger charge is 2.00. The number of hydrogen-bond acceptors (Lipinski definition) is 3. The van der Waals surface area contributed by atoms with Crippen molar-refractivity contribution in [1.82, 2.24) is 0 Å². The molecule has 0 heterocycles. The molecule has 0 spiro atoms. The van der Waals surface area contributed by atoms with Crippen molar-refractivity contribution in [3.05, 3.63) is 48.6 Å². The summed E-state index contributed by atoms with van der Waals surface area (Å²) in [5.74, 6) is -0.719. The van der Waals surface area contributed by atoms with Gasteiger partial charge in [-0.05, 0) is 84.0 Å². The normalized spacial score (nSPS) is 11.6. The first-order chi connectivity index (χ1) is 20.6. The third-order valence-electron chi connectivity index (χ3n) is 6.98. The molecule has 0 rings (SSSR count). The van der Waals surface area contributed by atoms with E-state index in [1.54, 1.807) is 0 Å². The molecule has 0 radical (unpaired) electrons. The molecule has 0 saturated carbocycles. The van der Waals surface area contributed by atoms with Gasteiger partial charge in [-0.2, -0.15) is 0 Å². The second-order valence-corrected chi connectivity index (χ2v) is 11.2. The molecule has 0 amide bonds. The molecule has 0 aliphatic carbocycles. The lowest BCUT2D eigenvalue weighted by Crippen LogP contribution is -2.03. The summed E-state index contributed by atoms with van der Waals surface area (Å²) >= 11 is 0. The Labute approximate surface area is 261 Å². The molecule has 0 unspecified atom stereocenters. The zero-order valence-electron chi connectivity index (χ0n) is 28.0. The van der Waals surface area contributed by atoms with Crippen LogP contribution in [-0.2, 0) is 14.3 Å². The predicted molar refractivity (Wildman–Crippen MR) is 183 cm³/mol. The fourth-order valence-electron chi connectivity index (χ4n) is 4.40. The predicted octanol–water partition coefficient (Wildman–Crippen LogP) is 12.2. The van der Waals surface area contributed by atoms with Crippen LogP contribution in [0.15, 0.2) is 48.6 Å². The Morgan fingerprint density at radius 1 is 0.476 bits per heavy atom. The van der Waals surface area contributed by atoms with E-state index < -0.39 is 5.97 Å². The molecule has 0 aromatic heterocycles. The van der Waals surface area contributed by atoms with E-state index in [1.807, 2.05) is 6.92 Å². The number of carboxylic acids is 1. The summed E-state index contributed by atoms with van der Waals surface area (Å²) in [5.41, 5.74) is 0. The van der Waals surface area contributed by atoms with E-state index in [0.29, 0.717) is 19.4 Å². The van der Waals surface area contributed by atoms with E-state index in [4.69, 9.17) is 9.84 Å². The molecule has 244 valence electrons. The molecular weight excluding hydrogens is 520 g/mol. The summed E-state index contributed by atoms with van der Waals surface area (Å²) in [6.45, 7) is 6.83. The maximum Gasteiger partial charge on any atom is 0.305 e. The van der Waals surface area contributed by atoms with Gasteiger partial charge in [-0.1, -0.05) is 127 Å². The van der Waals surface area contributed by atoms with Gasteiger partial charge >= 0.3 is 11.9 Å². The Kier molecular flexibility index (Phi) is 38.9. The monoisotopic (exact) mass is 589 g/mol. The van der Waals surface area contributed by atoms with Crippen LogP contribution in [0.3, 0.4) is 0 Å². The minimum atomic E-state index is -0.671. The van der Waals surface area contributed by atoms with Crippen molar-refractivity contribution in [1.29, 1.82) is 0 Å². The summed E-state index contributed by atoms with van der Waals surface area (Å²) in [6.07, 6.45) is 45.4. The molecule has 0 aliphatic rings. The average Bonchev–Trinajstić information content (AvgIpc) is 2.97. The highest BCUT2D eigenvalue weighted by Crippen LogP contribution is 2.09. The third-order valence-corrected chi connectivity index (χ3v) is 6.98. The first-order valence-electron chi connectivity index (χ1n) is 17.6.